The zero-order chi connectivity index (χ0) is 11.0. The van der Waals surface area contributed by atoms with Crippen LogP contribution in [0.25, 0.3) is 5.65 Å². The molecule has 0 aromatic carbocycles. The molecule has 16 heavy (non-hydrogen) atoms. The van der Waals surface area contributed by atoms with Gasteiger partial charge in [0.25, 0.3) is 0 Å². The van der Waals surface area contributed by atoms with Crippen molar-refractivity contribution in [3.63, 3.8) is 0 Å². The highest BCUT2D eigenvalue weighted by Gasteiger charge is 2.37. The van der Waals surface area contributed by atoms with E-state index in [1.165, 1.54) is 0 Å². The fourth-order valence-corrected chi connectivity index (χ4v) is 2.04. The number of methoxy groups -OCH3 is 1. The van der Waals surface area contributed by atoms with Gasteiger partial charge in [0.05, 0.1) is 11.3 Å². The Morgan fingerprint density at radius 3 is 3.06 bits per heavy atom. The van der Waals surface area contributed by atoms with E-state index in [0.29, 0.717) is 0 Å². The third-order valence-electron chi connectivity index (χ3n) is 3.12. The van der Waals surface area contributed by atoms with Crippen LogP contribution in [0.15, 0.2) is 24.5 Å². The maximum absolute atomic E-state index is 5.54. The number of nitrogens with one attached hydrogen (secondary N) is 1. The van der Waals surface area contributed by atoms with Gasteiger partial charge >= 0.3 is 0 Å². The van der Waals surface area contributed by atoms with E-state index in [0.717, 1.165) is 30.9 Å². The first-order chi connectivity index (χ1) is 7.81. The van der Waals surface area contributed by atoms with Crippen molar-refractivity contribution in [1.82, 2.24) is 19.9 Å². The van der Waals surface area contributed by atoms with Crippen molar-refractivity contribution in [2.24, 2.45) is 0 Å². The summed E-state index contributed by atoms with van der Waals surface area (Å²) < 4.78 is 7.34. The fraction of sp³-hybridized carbons (Fsp3) is 0.455. The second kappa shape index (κ2) is 3.54. The van der Waals surface area contributed by atoms with E-state index in [9.17, 15) is 0 Å². The van der Waals surface area contributed by atoms with Gasteiger partial charge in [-0.05, 0) is 6.07 Å². The van der Waals surface area contributed by atoms with Gasteiger partial charge in [-0.15, -0.1) is 0 Å². The minimum atomic E-state index is -0.0715. The van der Waals surface area contributed by atoms with E-state index < -0.39 is 0 Å². The third kappa shape index (κ3) is 1.48. The van der Waals surface area contributed by atoms with Crippen LogP contribution in [0.3, 0.4) is 0 Å². The first-order valence-electron chi connectivity index (χ1n) is 5.36. The summed E-state index contributed by atoms with van der Waals surface area (Å²) in [5, 5.41) is 7.71. The maximum Gasteiger partial charge on any atom is 0.155 e. The highest BCUT2D eigenvalue weighted by Crippen LogP contribution is 2.21. The molecule has 0 amide bonds. The number of rotatable bonds is 3. The lowest BCUT2D eigenvalue weighted by Crippen LogP contribution is -2.61. The van der Waals surface area contributed by atoms with Crippen LogP contribution < -0.4 is 5.32 Å². The number of ether oxygens (including phenoxy) is 1. The van der Waals surface area contributed by atoms with Gasteiger partial charge in [0, 0.05) is 45.1 Å². The summed E-state index contributed by atoms with van der Waals surface area (Å²) in [7, 11) is 1.76. The number of hydrogen-bond acceptors (Lipinski definition) is 4. The van der Waals surface area contributed by atoms with E-state index in [2.05, 4.69) is 15.4 Å². The summed E-state index contributed by atoms with van der Waals surface area (Å²) in [6.07, 6.45) is 4.52. The van der Waals surface area contributed by atoms with E-state index in [1.54, 1.807) is 17.8 Å². The molecule has 0 saturated carbocycles. The largest absolute Gasteiger partial charge is 0.375 e. The van der Waals surface area contributed by atoms with E-state index in [4.69, 9.17) is 4.74 Å². The third-order valence-corrected chi connectivity index (χ3v) is 3.12. The van der Waals surface area contributed by atoms with Crippen molar-refractivity contribution in [3.8, 4) is 0 Å². The SMILES string of the molecule is COC1(Cc2cc3ncccn3n2)CNC1. The van der Waals surface area contributed by atoms with Crippen LogP contribution in [0.5, 0.6) is 0 Å². The molecule has 0 spiro atoms. The molecule has 0 atom stereocenters. The van der Waals surface area contributed by atoms with Crippen molar-refractivity contribution in [1.29, 1.82) is 0 Å². The maximum atomic E-state index is 5.54. The monoisotopic (exact) mass is 218 g/mol. The molecule has 1 fully saturated rings. The van der Waals surface area contributed by atoms with E-state index in [-0.39, 0.29) is 5.60 Å². The molecule has 0 aliphatic carbocycles. The van der Waals surface area contributed by atoms with E-state index in [1.807, 2.05) is 18.3 Å². The van der Waals surface area contributed by atoms with Gasteiger partial charge in [0.15, 0.2) is 5.65 Å². The number of fused-ring (bicyclic) bond motifs is 1. The Morgan fingerprint density at radius 1 is 1.56 bits per heavy atom. The Bertz CT molecular complexity index is 465. The first kappa shape index (κ1) is 9.74. The van der Waals surface area contributed by atoms with Crippen LogP contribution in [-0.4, -0.2) is 40.4 Å². The van der Waals surface area contributed by atoms with Crippen LogP contribution in [0, 0.1) is 0 Å². The standard InChI is InChI=1S/C11H14N4O/c1-16-11(7-12-8-11)6-9-5-10-13-3-2-4-15(10)14-9/h2-5,12H,6-8H2,1H3. The zero-order valence-electron chi connectivity index (χ0n) is 9.18. The minimum Gasteiger partial charge on any atom is -0.375 e. The predicted octanol–water partition coefficient (Wildman–Crippen LogP) is 0.260. The van der Waals surface area contributed by atoms with Crippen LogP contribution >= 0.6 is 0 Å². The van der Waals surface area contributed by atoms with Crippen LogP contribution in [0.1, 0.15) is 5.69 Å². The summed E-state index contributed by atoms with van der Waals surface area (Å²) in [5.41, 5.74) is 1.84. The average molecular weight is 218 g/mol. The summed E-state index contributed by atoms with van der Waals surface area (Å²) in [5.74, 6) is 0. The fourth-order valence-electron chi connectivity index (χ4n) is 2.04. The van der Waals surface area contributed by atoms with Gasteiger partial charge in [0.1, 0.15) is 0 Å². The van der Waals surface area contributed by atoms with Crippen LogP contribution in [-0.2, 0) is 11.2 Å². The lowest BCUT2D eigenvalue weighted by molar-refractivity contribution is -0.0509. The summed E-state index contributed by atoms with van der Waals surface area (Å²) in [6.45, 7) is 1.79. The summed E-state index contributed by atoms with van der Waals surface area (Å²) in [4.78, 5) is 4.25. The van der Waals surface area contributed by atoms with E-state index >= 15 is 0 Å². The average Bonchev–Trinajstić information content (AvgIpc) is 2.65. The van der Waals surface area contributed by atoms with Crippen molar-refractivity contribution in [2.75, 3.05) is 20.2 Å². The second-order valence-electron chi connectivity index (χ2n) is 4.23. The molecule has 5 nitrogen and oxygen atoms in total. The highest BCUT2D eigenvalue weighted by molar-refractivity contribution is 5.38. The zero-order valence-corrected chi connectivity index (χ0v) is 9.18. The molecule has 5 heteroatoms. The molecule has 1 aliphatic rings. The molecule has 1 aliphatic heterocycles. The Kier molecular flexibility index (Phi) is 2.15. The van der Waals surface area contributed by atoms with Crippen molar-refractivity contribution in [2.45, 2.75) is 12.0 Å². The molecule has 3 heterocycles. The molecular weight excluding hydrogens is 204 g/mol. The van der Waals surface area contributed by atoms with Crippen LogP contribution in [0.4, 0.5) is 0 Å². The number of hydrogen-bond donors (Lipinski definition) is 1. The quantitative estimate of drug-likeness (QED) is 0.803. The van der Waals surface area contributed by atoms with Gasteiger partial charge in [-0.2, -0.15) is 5.10 Å². The molecule has 0 bridgehead atoms. The number of nitrogens with zero attached hydrogens (tertiary/aromatic N) is 3. The Hall–Kier alpha value is -1.46. The molecule has 2 aromatic heterocycles. The molecule has 1 saturated heterocycles. The van der Waals surface area contributed by atoms with Gasteiger partial charge in [-0.1, -0.05) is 0 Å². The Labute approximate surface area is 93.4 Å². The lowest BCUT2D eigenvalue weighted by atomic mass is 9.91. The lowest BCUT2D eigenvalue weighted by Gasteiger charge is -2.40. The van der Waals surface area contributed by atoms with Gasteiger partial charge in [-0.25, -0.2) is 9.50 Å². The first-order valence-corrected chi connectivity index (χ1v) is 5.36. The van der Waals surface area contributed by atoms with Gasteiger partial charge < -0.3 is 10.1 Å². The summed E-state index contributed by atoms with van der Waals surface area (Å²) >= 11 is 0. The molecule has 1 N–H and O–H groups in total. The Morgan fingerprint density at radius 2 is 2.44 bits per heavy atom. The molecule has 3 rings (SSSR count). The van der Waals surface area contributed by atoms with Crippen molar-refractivity contribution in [3.05, 3.63) is 30.2 Å². The Balaban J connectivity index is 1.89. The number of aromatic nitrogens is 3. The minimum absolute atomic E-state index is 0.0715. The molecule has 2 aromatic rings. The van der Waals surface area contributed by atoms with Crippen molar-refractivity contribution < 1.29 is 4.74 Å². The van der Waals surface area contributed by atoms with Gasteiger partial charge in [-0.3, -0.25) is 0 Å². The molecule has 0 unspecified atom stereocenters. The molecule has 84 valence electrons. The van der Waals surface area contributed by atoms with Crippen LogP contribution in [0.2, 0.25) is 0 Å². The highest BCUT2D eigenvalue weighted by atomic mass is 16.5. The summed E-state index contributed by atoms with van der Waals surface area (Å²) in [6, 6.07) is 3.89. The second-order valence-corrected chi connectivity index (χ2v) is 4.23. The predicted molar refractivity (Wildman–Crippen MR) is 59.3 cm³/mol. The van der Waals surface area contributed by atoms with Gasteiger partial charge in [0.2, 0.25) is 0 Å². The smallest absolute Gasteiger partial charge is 0.155 e. The molecule has 0 radical (unpaired) electrons. The molecular formula is C11H14N4O. The van der Waals surface area contributed by atoms with Crippen molar-refractivity contribution >= 4 is 5.65 Å². The normalized spacial score (nSPS) is 18.6. The topological polar surface area (TPSA) is 51.5 Å².